The molecule has 1 aromatic carbocycles. The molecule has 1 aliphatic rings. The fourth-order valence-electron chi connectivity index (χ4n) is 1.75. The number of aryl methyl sites for hydroxylation is 1. The number of carbonyl (C=O) groups excluding carboxylic acids is 3. The van der Waals surface area contributed by atoms with E-state index in [1.165, 1.54) is 13.1 Å². The number of urea groups is 1. The van der Waals surface area contributed by atoms with Crippen LogP contribution in [0.5, 0.6) is 0 Å². The third-order valence-electron chi connectivity index (χ3n) is 2.82. The Labute approximate surface area is 109 Å². The first-order chi connectivity index (χ1) is 8.41. The van der Waals surface area contributed by atoms with E-state index in [-0.39, 0.29) is 6.42 Å². The first-order valence-corrected chi connectivity index (χ1v) is 5.69. The number of hydrogen-bond donors (Lipinski definition) is 0. The number of amides is 4. The normalized spacial score (nSPS) is 16.5. The maximum absolute atomic E-state index is 12.0. The summed E-state index contributed by atoms with van der Waals surface area (Å²) < 4.78 is 0. The number of halogens is 1. The van der Waals surface area contributed by atoms with Gasteiger partial charge in [-0.05, 0) is 24.6 Å². The second-order valence-electron chi connectivity index (χ2n) is 4.07. The zero-order valence-corrected chi connectivity index (χ0v) is 10.7. The van der Waals surface area contributed by atoms with Crippen molar-refractivity contribution in [3.63, 3.8) is 0 Å². The highest BCUT2D eigenvalue weighted by molar-refractivity contribution is 6.31. The predicted octanol–water partition coefficient (Wildman–Crippen LogP) is 1.96. The molecule has 0 aliphatic carbocycles. The summed E-state index contributed by atoms with van der Waals surface area (Å²) in [5.74, 6) is -1.03. The van der Waals surface area contributed by atoms with E-state index in [2.05, 4.69) is 0 Å². The van der Waals surface area contributed by atoms with Gasteiger partial charge in [0.2, 0.25) is 11.8 Å². The van der Waals surface area contributed by atoms with Crippen molar-refractivity contribution in [2.75, 3.05) is 11.9 Å². The van der Waals surface area contributed by atoms with Gasteiger partial charge in [-0.2, -0.15) is 0 Å². The molecule has 0 saturated carbocycles. The van der Waals surface area contributed by atoms with E-state index in [1.54, 1.807) is 19.1 Å². The van der Waals surface area contributed by atoms with Crippen molar-refractivity contribution in [1.82, 2.24) is 4.90 Å². The Bertz CT molecular complexity index is 556. The summed E-state index contributed by atoms with van der Waals surface area (Å²) in [5, 5.41) is 0.427. The van der Waals surface area contributed by atoms with E-state index in [0.717, 1.165) is 15.4 Å². The van der Waals surface area contributed by atoms with Crippen LogP contribution in [0.4, 0.5) is 10.5 Å². The smallest absolute Gasteiger partial charge is 0.274 e. The summed E-state index contributed by atoms with van der Waals surface area (Å²) in [6.45, 7) is 1.77. The molecule has 0 atom stereocenters. The molecule has 1 heterocycles. The summed E-state index contributed by atoms with van der Waals surface area (Å²) >= 11 is 5.87. The van der Waals surface area contributed by atoms with Crippen LogP contribution in [0, 0.1) is 6.92 Å². The fraction of sp³-hybridized carbons (Fsp3) is 0.250. The molecule has 1 aliphatic heterocycles. The molecule has 5 nitrogen and oxygen atoms in total. The minimum absolute atomic E-state index is 0.311. The van der Waals surface area contributed by atoms with Gasteiger partial charge in [0.25, 0.3) is 0 Å². The van der Waals surface area contributed by atoms with Gasteiger partial charge in [0.1, 0.15) is 6.42 Å². The van der Waals surface area contributed by atoms with E-state index in [0.29, 0.717) is 10.7 Å². The van der Waals surface area contributed by atoms with Crippen molar-refractivity contribution in [3.05, 3.63) is 28.8 Å². The van der Waals surface area contributed by atoms with Crippen LogP contribution in [0.2, 0.25) is 5.02 Å². The molecule has 0 N–H and O–H groups in total. The Balaban J connectivity index is 2.49. The van der Waals surface area contributed by atoms with Gasteiger partial charge in [-0.1, -0.05) is 17.7 Å². The average molecular weight is 267 g/mol. The molecule has 0 aromatic heterocycles. The largest absolute Gasteiger partial charge is 0.337 e. The predicted molar refractivity (Wildman–Crippen MR) is 66.5 cm³/mol. The second-order valence-corrected chi connectivity index (χ2v) is 4.51. The lowest BCUT2D eigenvalue weighted by Crippen LogP contribution is -2.53. The lowest BCUT2D eigenvalue weighted by molar-refractivity contribution is -0.134. The molecule has 1 saturated heterocycles. The van der Waals surface area contributed by atoms with Gasteiger partial charge in [0.05, 0.1) is 5.69 Å². The third-order valence-corrected chi connectivity index (χ3v) is 3.05. The van der Waals surface area contributed by atoms with Crippen molar-refractivity contribution < 1.29 is 14.4 Å². The second kappa shape index (κ2) is 4.42. The summed E-state index contributed by atoms with van der Waals surface area (Å²) in [6.07, 6.45) is -0.311. The first-order valence-electron chi connectivity index (χ1n) is 5.31. The van der Waals surface area contributed by atoms with Crippen LogP contribution in [0.1, 0.15) is 12.0 Å². The molecular weight excluding hydrogens is 256 g/mol. The molecule has 2 rings (SSSR count). The van der Waals surface area contributed by atoms with Crippen molar-refractivity contribution in [1.29, 1.82) is 0 Å². The quantitative estimate of drug-likeness (QED) is 0.730. The van der Waals surface area contributed by atoms with Crippen LogP contribution in [0.15, 0.2) is 18.2 Å². The summed E-state index contributed by atoms with van der Waals surface area (Å²) in [4.78, 5) is 37.1. The van der Waals surface area contributed by atoms with Crippen molar-refractivity contribution >= 4 is 35.1 Å². The van der Waals surface area contributed by atoms with Crippen molar-refractivity contribution in [2.24, 2.45) is 0 Å². The van der Waals surface area contributed by atoms with Gasteiger partial charge in [-0.15, -0.1) is 0 Å². The highest BCUT2D eigenvalue weighted by Gasteiger charge is 2.37. The lowest BCUT2D eigenvalue weighted by Gasteiger charge is -2.31. The Morgan fingerprint density at radius 3 is 2.50 bits per heavy atom. The molecule has 0 radical (unpaired) electrons. The Morgan fingerprint density at radius 2 is 1.83 bits per heavy atom. The maximum Gasteiger partial charge on any atom is 0.337 e. The standard InChI is InChI=1S/C12H11ClN2O3/c1-7-3-4-8(13)5-9(7)15-11(17)6-10(16)14(2)12(15)18/h3-5H,6H2,1-2H3. The molecular formula is C12H11ClN2O3. The minimum Gasteiger partial charge on any atom is -0.274 e. The minimum atomic E-state index is -0.651. The molecule has 94 valence electrons. The van der Waals surface area contributed by atoms with Crippen LogP contribution in [0.3, 0.4) is 0 Å². The van der Waals surface area contributed by atoms with Gasteiger partial charge in [-0.25, -0.2) is 9.69 Å². The number of imide groups is 2. The van der Waals surface area contributed by atoms with E-state index >= 15 is 0 Å². The summed E-state index contributed by atoms with van der Waals surface area (Å²) in [5.41, 5.74) is 1.15. The maximum atomic E-state index is 12.0. The monoisotopic (exact) mass is 266 g/mol. The highest BCUT2D eigenvalue weighted by atomic mass is 35.5. The molecule has 0 unspecified atom stereocenters. The first kappa shape index (κ1) is 12.6. The van der Waals surface area contributed by atoms with E-state index in [9.17, 15) is 14.4 Å². The van der Waals surface area contributed by atoms with Gasteiger partial charge in [0.15, 0.2) is 0 Å². The number of barbiturate groups is 1. The molecule has 1 aromatic rings. The number of nitrogens with zero attached hydrogens (tertiary/aromatic N) is 2. The number of rotatable bonds is 1. The van der Waals surface area contributed by atoms with Gasteiger partial charge in [0, 0.05) is 12.1 Å². The zero-order chi connectivity index (χ0) is 13.4. The number of benzene rings is 1. The van der Waals surface area contributed by atoms with Gasteiger partial charge >= 0.3 is 6.03 Å². The molecule has 18 heavy (non-hydrogen) atoms. The van der Waals surface area contributed by atoms with E-state index in [1.807, 2.05) is 0 Å². The molecule has 0 bridgehead atoms. The molecule has 0 spiro atoms. The van der Waals surface area contributed by atoms with Crippen molar-refractivity contribution in [2.45, 2.75) is 13.3 Å². The van der Waals surface area contributed by atoms with Crippen LogP contribution in [0.25, 0.3) is 0 Å². The molecule has 6 heteroatoms. The van der Waals surface area contributed by atoms with Gasteiger partial charge in [-0.3, -0.25) is 14.5 Å². The van der Waals surface area contributed by atoms with Gasteiger partial charge < -0.3 is 0 Å². The van der Waals surface area contributed by atoms with Crippen LogP contribution < -0.4 is 4.90 Å². The van der Waals surface area contributed by atoms with Crippen LogP contribution >= 0.6 is 11.6 Å². The highest BCUT2D eigenvalue weighted by Crippen LogP contribution is 2.27. The summed E-state index contributed by atoms with van der Waals surface area (Å²) in [6, 6.07) is 4.28. The third kappa shape index (κ3) is 1.97. The Kier molecular flexibility index (Phi) is 3.09. The van der Waals surface area contributed by atoms with E-state index < -0.39 is 17.8 Å². The fourth-order valence-corrected chi connectivity index (χ4v) is 1.92. The number of anilines is 1. The Morgan fingerprint density at radius 1 is 1.17 bits per heavy atom. The SMILES string of the molecule is Cc1ccc(Cl)cc1N1C(=O)CC(=O)N(C)C1=O. The molecule has 4 amide bonds. The van der Waals surface area contributed by atoms with Crippen molar-refractivity contribution in [3.8, 4) is 0 Å². The average Bonchev–Trinajstić information content (AvgIpc) is 2.31. The Hall–Kier alpha value is -1.88. The summed E-state index contributed by atoms with van der Waals surface area (Å²) in [7, 11) is 1.35. The molecule has 1 fully saturated rings. The number of carbonyl (C=O) groups is 3. The number of hydrogen-bond acceptors (Lipinski definition) is 3. The topological polar surface area (TPSA) is 57.7 Å². The van der Waals surface area contributed by atoms with E-state index in [4.69, 9.17) is 11.6 Å². The van der Waals surface area contributed by atoms with Crippen LogP contribution in [-0.2, 0) is 9.59 Å². The van der Waals surface area contributed by atoms with Crippen LogP contribution in [-0.4, -0.2) is 29.8 Å². The lowest BCUT2D eigenvalue weighted by atomic mass is 10.1. The zero-order valence-electron chi connectivity index (χ0n) is 9.94.